The van der Waals surface area contributed by atoms with E-state index in [2.05, 4.69) is 0 Å². The molecule has 3 aliphatic rings. The first-order valence-corrected chi connectivity index (χ1v) is 7.41. The van der Waals surface area contributed by atoms with E-state index in [0.29, 0.717) is 5.69 Å². The van der Waals surface area contributed by atoms with Crippen molar-refractivity contribution in [3.8, 4) is 0 Å². The smallest absolute Gasteiger partial charge is 0.241 e. The Bertz CT molecular complexity index is 725. The molecule has 0 unspecified atom stereocenters. The van der Waals surface area contributed by atoms with Crippen LogP contribution in [0.5, 0.6) is 0 Å². The number of ether oxygens (including phenoxy) is 1. The van der Waals surface area contributed by atoms with E-state index in [1.54, 1.807) is 18.2 Å². The molecule has 0 aliphatic carbocycles. The third kappa shape index (κ3) is 1.50. The van der Waals surface area contributed by atoms with E-state index >= 15 is 0 Å². The highest BCUT2D eigenvalue weighted by Crippen LogP contribution is 2.52. The fraction of sp³-hybridized carbons (Fsp3) is 0.412. The summed E-state index contributed by atoms with van der Waals surface area (Å²) < 4.78 is 5.71. The highest BCUT2D eigenvalue weighted by atomic mass is 16.5. The molecule has 0 aromatic heterocycles. The van der Waals surface area contributed by atoms with Gasteiger partial charge in [0.05, 0.1) is 30.2 Å². The Morgan fingerprint density at radius 1 is 1.23 bits per heavy atom. The minimum atomic E-state index is -1.03. The number of nitrogens with zero attached hydrogens (tertiary/aromatic N) is 1. The molecule has 0 radical (unpaired) electrons. The Morgan fingerprint density at radius 2 is 2.00 bits per heavy atom. The first-order chi connectivity index (χ1) is 10.5. The lowest BCUT2D eigenvalue weighted by Crippen LogP contribution is -2.43. The van der Waals surface area contributed by atoms with Crippen molar-refractivity contribution >= 4 is 17.5 Å². The number of aliphatic hydroxyl groups is 1. The van der Waals surface area contributed by atoms with Gasteiger partial charge in [0.2, 0.25) is 11.8 Å². The number of fused-ring (bicyclic) bond motifs is 5. The first-order valence-electron chi connectivity index (χ1n) is 7.41. The molecule has 1 aromatic carbocycles. The third-order valence-electron chi connectivity index (χ3n) is 5.15. The summed E-state index contributed by atoms with van der Waals surface area (Å²) in [7, 11) is 0. The van der Waals surface area contributed by atoms with Gasteiger partial charge in [0.15, 0.2) is 0 Å². The normalized spacial score (nSPS) is 35.6. The highest BCUT2D eigenvalue weighted by Gasteiger charge is 2.67. The zero-order chi connectivity index (χ0) is 15.6. The van der Waals surface area contributed by atoms with Crippen LogP contribution in [-0.2, 0) is 14.3 Å². The van der Waals surface area contributed by atoms with Crippen LogP contribution in [0.25, 0.3) is 0 Å². The molecule has 1 N–H and O–H groups in total. The molecule has 2 bridgehead atoms. The number of imide groups is 1. The number of rotatable bonds is 2. The average Bonchev–Trinajstić information content (AvgIpc) is 3.14. The lowest BCUT2D eigenvalue weighted by atomic mass is 9.77. The van der Waals surface area contributed by atoms with Crippen LogP contribution in [-0.4, -0.2) is 35.2 Å². The fourth-order valence-electron chi connectivity index (χ4n) is 3.80. The average molecular weight is 299 g/mol. The molecule has 2 saturated heterocycles. The zero-order valence-corrected chi connectivity index (χ0v) is 12.4. The van der Waals surface area contributed by atoms with Gasteiger partial charge in [0.1, 0.15) is 5.60 Å². The Labute approximate surface area is 128 Å². The van der Waals surface area contributed by atoms with Crippen molar-refractivity contribution in [1.82, 2.24) is 0 Å². The fourth-order valence-corrected chi connectivity index (χ4v) is 3.80. The molecular weight excluding hydrogens is 282 g/mol. The Kier molecular flexibility index (Phi) is 2.65. The zero-order valence-electron chi connectivity index (χ0n) is 12.4. The topological polar surface area (TPSA) is 66.8 Å². The van der Waals surface area contributed by atoms with E-state index in [1.807, 2.05) is 26.0 Å². The first kappa shape index (κ1) is 13.7. The summed E-state index contributed by atoms with van der Waals surface area (Å²) in [6.45, 7) is 3.65. The van der Waals surface area contributed by atoms with Crippen molar-refractivity contribution in [2.45, 2.75) is 25.6 Å². The van der Waals surface area contributed by atoms with Crippen LogP contribution >= 0.6 is 0 Å². The Hall–Kier alpha value is -1.98. The molecule has 5 heteroatoms. The summed E-state index contributed by atoms with van der Waals surface area (Å²) in [5.74, 6) is -1.66. The van der Waals surface area contributed by atoms with Crippen LogP contribution in [0.1, 0.15) is 11.1 Å². The van der Waals surface area contributed by atoms with Crippen LogP contribution in [0, 0.1) is 25.7 Å². The van der Waals surface area contributed by atoms with Crippen LogP contribution in [0.15, 0.2) is 30.4 Å². The number of aliphatic hydroxyl groups excluding tert-OH is 1. The molecule has 114 valence electrons. The number of carbonyl (C=O) groups excluding carboxylic acids is 2. The summed E-state index contributed by atoms with van der Waals surface area (Å²) in [4.78, 5) is 26.8. The largest absolute Gasteiger partial charge is 0.393 e. The van der Waals surface area contributed by atoms with E-state index in [9.17, 15) is 14.7 Å². The van der Waals surface area contributed by atoms with Gasteiger partial charge in [-0.1, -0.05) is 18.2 Å². The van der Waals surface area contributed by atoms with Crippen molar-refractivity contribution in [1.29, 1.82) is 0 Å². The molecule has 1 aromatic rings. The van der Waals surface area contributed by atoms with E-state index in [1.165, 1.54) is 4.90 Å². The summed E-state index contributed by atoms with van der Waals surface area (Å²) in [5.41, 5.74) is 1.71. The molecule has 0 spiro atoms. The molecule has 5 nitrogen and oxygen atoms in total. The predicted molar refractivity (Wildman–Crippen MR) is 79.2 cm³/mol. The number of hydrogen-bond acceptors (Lipinski definition) is 4. The predicted octanol–water partition coefficient (Wildman–Crippen LogP) is 1.11. The number of benzene rings is 1. The van der Waals surface area contributed by atoms with Crippen LogP contribution in [0.2, 0.25) is 0 Å². The second kappa shape index (κ2) is 4.27. The lowest BCUT2D eigenvalue weighted by molar-refractivity contribution is -0.128. The maximum Gasteiger partial charge on any atom is 0.241 e. The maximum atomic E-state index is 12.8. The van der Waals surface area contributed by atoms with Gasteiger partial charge in [-0.2, -0.15) is 0 Å². The second-order valence-electron chi connectivity index (χ2n) is 6.34. The van der Waals surface area contributed by atoms with Gasteiger partial charge in [0.25, 0.3) is 0 Å². The minimum absolute atomic E-state index is 0.233. The number of amides is 2. The molecule has 4 rings (SSSR count). The Morgan fingerprint density at radius 3 is 2.68 bits per heavy atom. The SMILES string of the molecule is Cc1ccc(N2C(=O)[C@H]3[C@@H]4C=C[C@](CO)(O4)[C@H]3C2=O)cc1C. The van der Waals surface area contributed by atoms with Gasteiger partial charge < -0.3 is 9.84 Å². The summed E-state index contributed by atoms with van der Waals surface area (Å²) in [6, 6.07) is 5.56. The molecule has 22 heavy (non-hydrogen) atoms. The van der Waals surface area contributed by atoms with E-state index in [4.69, 9.17) is 4.74 Å². The van der Waals surface area contributed by atoms with Crippen molar-refractivity contribution in [2.24, 2.45) is 11.8 Å². The second-order valence-corrected chi connectivity index (χ2v) is 6.34. The lowest BCUT2D eigenvalue weighted by Gasteiger charge is -2.26. The highest BCUT2D eigenvalue weighted by molar-refractivity contribution is 6.23. The molecule has 2 fully saturated rings. The van der Waals surface area contributed by atoms with E-state index in [-0.39, 0.29) is 18.4 Å². The number of hydrogen-bond donors (Lipinski definition) is 1. The number of aryl methyl sites for hydroxylation is 2. The summed E-state index contributed by atoms with van der Waals surface area (Å²) in [6.07, 6.45) is 3.10. The maximum absolute atomic E-state index is 12.8. The van der Waals surface area contributed by atoms with Gasteiger partial charge in [-0.15, -0.1) is 0 Å². The molecule has 3 heterocycles. The molecule has 4 atom stereocenters. The third-order valence-corrected chi connectivity index (χ3v) is 5.15. The minimum Gasteiger partial charge on any atom is -0.393 e. The monoisotopic (exact) mass is 299 g/mol. The quantitative estimate of drug-likeness (QED) is 0.656. The van der Waals surface area contributed by atoms with Gasteiger partial charge in [-0.3, -0.25) is 9.59 Å². The van der Waals surface area contributed by atoms with E-state index < -0.39 is 23.5 Å². The van der Waals surface area contributed by atoms with Crippen molar-refractivity contribution < 1.29 is 19.4 Å². The number of carbonyl (C=O) groups is 2. The summed E-state index contributed by atoms with van der Waals surface area (Å²) in [5, 5.41) is 9.67. The standard InChI is InChI=1S/C17H17NO4/c1-9-3-4-11(7-10(9)2)18-15(20)13-12-5-6-17(8-19,22-12)14(13)16(18)21/h3-7,12-14,19H,8H2,1-2H3/t12-,13-,14+,17+/m0/s1. The molecule has 3 aliphatic heterocycles. The molecule has 0 saturated carbocycles. The molecule has 2 amide bonds. The summed E-state index contributed by atoms with van der Waals surface area (Å²) >= 11 is 0. The van der Waals surface area contributed by atoms with Crippen molar-refractivity contribution in [3.63, 3.8) is 0 Å². The van der Waals surface area contributed by atoms with Crippen LogP contribution in [0.4, 0.5) is 5.69 Å². The Balaban J connectivity index is 1.77. The van der Waals surface area contributed by atoms with E-state index in [0.717, 1.165) is 11.1 Å². The van der Waals surface area contributed by atoms with Crippen molar-refractivity contribution in [2.75, 3.05) is 11.5 Å². The van der Waals surface area contributed by atoms with Gasteiger partial charge in [0, 0.05) is 0 Å². The molecular formula is C17H17NO4. The van der Waals surface area contributed by atoms with Crippen molar-refractivity contribution in [3.05, 3.63) is 41.5 Å². The van der Waals surface area contributed by atoms with Crippen LogP contribution in [0.3, 0.4) is 0 Å². The van der Waals surface area contributed by atoms with Gasteiger partial charge in [-0.25, -0.2) is 4.90 Å². The van der Waals surface area contributed by atoms with Gasteiger partial charge >= 0.3 is 0 Å². The number of anilines is 1. The van der Waals surface area contributed by atoms with Gasteiger partial charge in [-0.05, 0) is 37.1 Å². The van der Waals surface area contributed by atoms with Crippen LogP contribution < -0.4 is 4.90 Å².